The molecule has 1 atom stereocenters. The summed E-state index contributed by atoms with van der Waals surface area (Å²) in [5.74, 6) is 0.593. The van der Waals surface area contributed by atoms with Gasteiger partial charge in [0.1, 0.15) is 0 Å². The van der Waals surface area contributed by atoms with Crippen LogP contribution in [0.3, 0.4) is 0 Å². The van der Waals surface area contributed by atoms with E-state index in [1.165, 1.54) is 0 Å². The number of nitrogens with zero attached hydrogens (tertiary/aromatic N) is 1. The van der Waals surface area contributed by atoms with Crippen molar-refractivity contribution in [3.8, 4) is 0 Å². The number of carbonyl (C=O) groups is 1. The Bertz CT molecular complexity index is 168. The molecule has 4 nitrogen and oxygen atoms in total. The van der Waals surface area contributed by atoms with Crippen LogP contribution >= 0.6 is 0 Å². The summed E-state index contributed by atoms with van der Waals surface area (Å²) >= 11 is 0. The number of hydrogen-bond donors (Lipinski definition) is 1. The normalized spacial score (nSPS) is 20.8. The highest BCUT2D eigenvalue weighted by Crippen LogP contribution is 2.10. The van der Waals surface area contributed by atoms with Gasteiger partial charge in [-0.3, -0.25) is 9.69 Å². The Morgan fingerprint density at radius 1 is 1.43 bits per heavy atom. The Morgan fingerprint density at radius 2 is 2.07 bits per heavy atom. The number of morpholine rings is 1. The van der Waals surface area contributed by atoms with Crippen molar-refractivity contribution in [2.24, 2.45) is 5.92 Å². The Labute approximate surface area is 85.6 Å². The SMILES string of the molecule is CC(C)CC(NC=O)N1CCOCC1. The first-order chi connectivity index (χ1) is 6.74. The van der Waals surface area contributed by atoms with E-state index in [1.54, 1.807) is 0 Å². The van der Waals surface area contributed by atoms with Crippen molar-refractivity contribution in [3.05, 3.63) is 0 Å². The van der Waals surface area contributed by atoms with Crippen molar-refractivity contribution < 1.29 is 9.53 Å². The lowest BCUT2D eigenvalue weighted by Gasteiger charge is -2.34. The lowest BCUT2D eigenvalue weighted by atomic mass is 10.1. The number of nitrogens with one attached hydrogen (secondary N) is 1. The zero-order valence-corrected chi connectivity index (χ0v) is 9.03. The highest BCUT2D eigenvalue weighted by atomic mass is 16.5. The average molecular weight is 200 g/mol. The van der Waals surface area contributed by atoms with Crippen LogP contribution in [0.4, 0.5) is 0 Å². The molecule has 1 N–H and O–H groups in total. The first-order valence-electron chi connectivity index (χ1n) is 5.25. The van der Waals surface area contributed by atoms with Gasteiger partial charge in [0.2, 0.25) is 6.41 Å². The van der Waals surface area contributed by atoms with Crippen LogP contribution in [-0.4, -0.2) is 43.8 Å². The van der Waals surface area contributed by atoms with E-state index >= 15 is 0 Å². The molecule has 0 radical (unpaired) electrons. The Balaban J connectivity index is 2.42. The van der Waals surface area contributed by atoms with Gasteiger partial charge in [0.25, 0.3) is 0 Å². The van der Waals surface area contributed by atoms with E-state index in [-0.39, 0.29) is 6.17 Å². The molecule has 0 bridgehead atoms. The van der Waals surface area contributed by atoms with E-state index in [9.17, 15) is 4.79 Å². The summed E-state index contributed by atoms with van der Waals surface area (Å²) < 4.78 is 5.28. The summed E-state index contributed by atoms with van der Waals surface area (Å²) in [5, 5.41) is 2.87. The van der Waals surface area contributed by atoms with Crippen molar-refractivity contribution in [2.75, 3.05) is 26.3 Å². The lowest BCUT2D eigenvalue weighted by molar-refractivity contribution is -0.112. The van der Waals surface area contributed by atoms with Crippen molar-refractivity contribution in [1.82, 2.24) is 10.2 Å². The first-order valence-corrected chi connectivity index (χ1v) is 5.25. The monoisotopic (exact) mass is 200 g/mol. The second kappa shape index (κ2) is 5.98. The van der Waals surface area contributed by atoms with E-state index in [4.69, 9.17) is 4.74 Å². The predicted octanol–water partition coefficient (Wildman–Crippen LogP) is 0.437. The van der Waals surface area contributed by atoms with Crippen LogP contribution in [0, 0.1) is 5.92 Å². The highest BCUT2D eigenvalue weighted by molar-refractivity contribution is 5.46. The minimum absolute atomic E-state index is 0.177. The molecule has 0 saturated carbocycles. The molecule has 1 unspecified atom stereocenters. The second-order valence-corrected chi connectivity index (χ2v) is 4.08. The van der Waals surface area contributed by atoms with Gasteiger partial charge >= 0.3 is 0 Å². The van der Waals surface area contributed by atoms with E-state index in [0.717, 1.165) is 39.1 Å². The molecule has 82 valence electrons. The zero-order valence-electron chi connectivity index (χ0n) is 9.03. The standard InChI is InChI=1S/C10H20N2O2/c1-9(2)7-10(11-8-13)12-3-5-14-6-4-12/h8-10H,3-7H2,1-2H3,(H,11,13). The molecule has 14 heavy (non-hydrogen) atoms. The molecule has 4 heteroatoms. The van der Waals surface area contributed by atoms with Crippen LogP contribution in [0.1, 0.15) is 20.3 Å². The maximum atomic E-state index is 10.5. The maximum absolute atomic E-state index is 10.5. The predicted molar refractivity (Wildman–Crippen MR) is 54.8 cm³/mol. The molecule has 1 amide bonds. The van der Waals surface area contributed by atoms with Gasteiger partial charge < -0.3 is 10.1 Å². The molecule has 0 aromatic carbocycles. The number of carbonyl (C=O) groups excluding carboxylic acids is 1. The molecular weight excluding hydrogens is 180 g/mol. The fraction of sp³-hybridized carbons (Fsp3) is 0.900. The van der Waals surface area contributed by atoms with Crippen molar-refractivity contribution >= 4 is 6.41 Å². The molecule has 1 aliphatic heterocycles. The Morgan fingerprint density at radius 3 is 2.57 bits per heavy atom. The minimum Gasteiger partial charge on any atom is -0.379 e. The van der Waals surface area contributed by atoms with Gasteiger partial charge in [-0.15, -0.1) is 0 Å². The molecule has 0 spiro atoms. The van der Waals surface area contributed by atoms with E-state index in [2.05, 4.69) is 24.1 Å². The van der Waals surface area contributed by atoms with Gasteiger partial charge in [-0.05, 0) is 12.3 Å². The topological polar surface area (TPSA) is 41.6 Å². The van der Waals surface area contributed by atoms with Crippen LogP contribution in [0.15, 0.2) is 0 Å². The smallest absolute Gasteiger partial charge is 0.208 e. The van der Waals surface area contributed by atoms with Gasteiger partial charge in [-0.1, -0.05) is 13.8 Å². The number of rotatable bonds is 5. The number of hydrogen-bond acceptors (Lipinski definition) is 3. The molecule has 0 aromatic rings. The van der Waals surface area contributed by atoms with Gasteiger partial charge in [-0.25, -0.2) is 0 Å². The van der Waals surface area contributed by atoms with Crippen molar-refractivity contribution in [2.45, 2.75) is 26.4 Å². The van der Waals surface area contributed by atoms with Crippen molar-refractivity contribution in [3.63, 3.8) is 0 Å². The minimum atomic E-state index is 0.177. The highest BCUT2D eigenvalue weighted by Gasteiger charge is 2.20. The number of ether oxygens (including phenoxy) is 1. The first kappa shape index (κ1) is 11.5. The lowest BCUT2D eigenvalue weighted by Crippen LogP contribution is -2.50. The summed E-state index contributed by atoms with van der Waals surface area (Å²) in [6.07, 6.45) is 1.97. The fourth-order valence-corrected chi connectivity index (χ4v) is 1.74. The molecule has 0 aliphatic carbocycles. The molecular formula is C10H20N2O2. The maximum Gasteiger partial charge on any atom is 0.208 e. The van der Waals surface area contributed by atoms with E-state index in [1.807, 2.05) is 0 Å². The summed E-state index contributed by atoms with van der Waals surface area (Å²) in [6.45, 7) is 7.71. The third-order valence-corrected chi connectivity index (χ3v) is 2.44. The van der Waals surface area contributed by atoms with Crippen LogP contribution in [0.2, 0.25) is 0 Å². The quantitative estimate of drug-likeness (QED) is 0.655. The fourth-order valence-electron chi connectivity index (χ4n) is 1.74. The zero-order chi connectivity index (χ0) is 10.4. The van der Waals surface area contributed by atoms with Crippen LogP contribution in [0.5, 0.6) is 0 Å². The molecule has 1 saturated heterocycles. The van der Waals surface area contributed by atoms with Gasteiger partial charge in [0.05, 0.1) is 19.4 Å². The van der Waals surface area contributed by atoms with Gasteiger partial charge in [0.15, 0.2) is 0 Å². The second-order valence-electron chi connectivity index (χ2n) is 4.08. The molecule has 1 fully saturated rings. The van der Waals surface area contributed by atoms with Crippen LogP contribution in [0.25, 0.3) is 0 Å². The molecule has 1 heterocycles. The Hall–Kier alpha value is -0.610. The summed E-state index contributed by atoms with van der Waals surface area (Å²) in [4.78, 5) is 12.7. The molecule has 1 aliphatic rings. The third-order valence-electron chi connectivity index (χ3n) is 2.44. The van der Waals surface area contributed by atoms with Crippen molar-refractivity contribution in [1.29, 1.82) is 0 Å². The number of amides is 1. The summed E-state index contributed by atoms with van der Waals surface area (Å²) in [7, 11) is 0. The average Bonchev–Trinajstić information content (AvgIpc) is 2.18. The third kappa shape index (κ3) is 3.64. The van der Waals surface area contributed by atoms with E-state index < -0.39 is 0 Å². The van der Waals surface area contributed by atoms with E-state index in [0.29, 0.717) is 5.92 Å². The largest absolute Gasteiger partial charge is 0.379 e. The summed E-state index contributed by atoms with van der Waals surface area (Å²) in [6, 6.07) is 0. The molecule has 1 rings (SSSR count). The van der Waals surface area contributed by atoms with Crippen LogP contribution < -0.4 is 5.32 Å². The van der Waals surface area contributed by atoms with Gasteiger partial charge in [-0.2, -0.15) is 0 Å². The van der Waals surface area contributed by atoms with Gasteiger partial charge in [0, 0.05) is 13.1 Å². The molecule has 0 aromatic heterocycles. The van der Waals surface area contributed by atoms with Crippen LogP contribution in [-0.2, 0) is 9.53 Å². The Kier molecular flexibility index (Phi) is 4.90. The summed E-state index contributed by atoms with van der Waals surface area (Å²) in [5.41, 5.74) is 0.